The molecule has 0 aliphatic carbocycles. The smallest absolute Gasteiger partial charge is 0.354 e. The molecule has 1 rings (SSSR count). The Morgan fingerprint density at radius 1 is 1.23 bits per heavy atom. The van der Waals surface area contributed by atoms with E-state index in [1.165, 1.54) is 7.11 Å². The summed E-state index contributed by atoms with van der Waals surface area (Å²) in [7, 11) is 3.03. The number of hydrogen-bond acceptors (Lipinski definition) is 4. The lowest BCUT2D eigenvalue weighted by Crippen LogP contribution is -2.44. The number of amides is 1. The first kappa shape index (κ1) is 21.7. The summed E-state index contributed by atoms with van der Waals surface area (Å²) in [6, 6.07) is -0.649. The summed E-state index contributed by atoms with van der Waals surface area (Å²) in [5.41, 5.74) is 2.06. The van der Waals surface area contributed by atoms with E-state index < -0.39 is 12.0 Å². The van der Waals surface area contributed by atoms with Crippen LogP contribution in [0.4, 0.5) is 0 Å². The molecular weight excluding hydrogens is 332 g/mol. The largest absolute Gasteiger partial charge is 0.464 e. The monoisotopic (exact) mass is 362 g/mol. The first-order valence-electron chi connectivity index (χ1n) is 8.77. The van der Waals surface area contributed by atoms with E-state index in [-0.39, 0.29) is 17.6 Å². The highest BCUT2D eigenvalue weighted by Gasteiger charge is 2.32. The van der Waals surface area contributed by atoms with Crippen molar-refractivity contribution in [3.63, 3.8) is 0 Å². The molecule has 0 aliphatic heterocycles. The normalized spacial score (nSPS) is 12.0. The van der Waals surface area contributed by atoms with Gasteiger partial charge in [-0.25, -0.2) is 4.79 Å². The van der Waals surface area contributed by atoms with Crippen LogP contribution < -0.4 is 0 Å². The fraction of sp³-hybridized carbons (Fsp3) is 0.550. The summed E-state index contributed by atoms with van der Waals surface area (Å²) in [6.07, 6.45) is 1.98. The van der Waals surface area contributed by atoms with Gasteiger partial charge >= 0.3 is 5.97 Å². The number of nitrogens with zero attached hydrogens (tertiary/aromatic N) is 2. The molecule has 6 heteroatoms. The van der Waals surface area contributed by atoms with Gasteiger partial charge in [0.05, 0.1) is 13.2 Å². The van der Waals surface area contributed by atoms with E-state index in [2.05, 4.69) is 6.58 Å². The zero-order chi connectivity index (χ0) is 20.2. The summed E-state index contributed by atoms with van der Waals surface area (Å²) in [6.45, 7) is 13.1. The van der Waals surface area contributed by atoms with Crippen molar-refractivity contribution in [3.05, 3.63) is 35.2 Å². The molecule has 1 heterocycles. The zero-order valence-electron chi connectivity index (χ0n) is 16.9. The Hall–Kier alpha value is -2.37. The van der Waals surface area contributed by atoms with Crippen LogP contribution in [-0.4, -0.2) is 46.8 Å². The standard InChI is InChI=1S/C20H30N2O4/c1-9-10-22(16(23)11-12(2)3)15(6)19(24)17-13(4)18(20(25)26-8)21(7)14(17)5/h9,12,15H,1,10-11H2,2-8H3/t15-/m0/s1. The van der Waals surface area contributed by atoms with E-state index in [1.807, 2.05) is 13.8 Å². The molecule has 0 radical (unpaired) electrons. The van der Waals surface area contributed by atoms with Crippen LogP contribution in [0.2, 0.25) is 0 Å². The van der Waals surface area contributed by atoms with E-state index in [4.69, 9.17) is 4.74 Å². The first-order chi connectivity index (χ1) is 12.1. The lowest BCUT2D eigenvalue weighted by atomic mass is 9.99. The number of ketones is 1. The number of aromatic nitrogens is 1. The summed E-state index contributed by atoms with van der Waals surface area (Å²) in [5, 5.41) is 0. The van der Waals surface area contributed by atoms with E-state index in [0.29, 0.717) is 35.5 Å². The second-order valence-electron chi connectivity index (χ2n) is 6.96. The number of methoxy groups -OCH3 is 1. The number of Topliss-reactive ketones (excluding diaryl/α,β-unsaturated/α-hetero) is 1. The van der Waals surface area contributed by atoms with E-state index in [9.17, 15) is 14.4 Å². The molecular formula is C20H30N2O4. The molecule has 0 N–H and O–H groups in total. The fourth-order valence-electron chi connectivity index (χ4n) is 3.16. The van der Waals surface area contributed by atoms with Crippen molar-refractivity contribution in [1.29, 1.82) is 0 Å². The Kier molecular flexibility index (Phi) is 7.36. The Balaban J connectivity index is 3.31. The fourth-order valence-corrected chi connectivity index (χ4v) is 3.16. The van der Waals surface area contributed by atoms with Crippen LogP contribution in [0.25, 0.3) is 0 Å². The maximum absolute atomic E-state index is 13.2. The van der Waals surface area contributed by atoms with Gasteiger partial charge in [0.15, 0.2) is 5.78 Å². The topological polar surface area (TPSA) is 68.6 Å². The molecule has 0 aliphatic rings. The van der Waals surface area contributed by atoms with Crippen LogP contribution in [0.15, 0.2) is 12.7 Å². The molecule has 0 saturated heterocycles. The van der Waals surface area contributed by atoms with Gasteiger partial charge in [0.1, 0.15) is 5.69 Å². The summed E-state index contributed by atoms with van der Waals surface area (Å²) >= 11 is 0. The van der Waals surface area contributed by atoms with Crippen molar-refractivity contribution in [2.75, 3.05) is 13.7 Å². The molecule has 0 aromatic carbocycles. The zero-order valence-corrected chi connectivity index (χ0v) is 16.9. The van der Waals surface area contributed by atoms with Crippen molar-refractivity contribution in [2.45, 2.75) is 47.1 Å². The van der Waals surface area contributed by atoms with Crippen LogP contribution in [-0.2, 0) is 16.6 Å². The molecule has 0 unspecified atom stereocenters. The van der Waals surface area contributed by atoms with Gasteiger partial charge < -0.3 is 14.2 Å². The van der Waals surface area contributed by atoms with Gasteiger partial charge in [-0.2, -0.15) is 0 Å². The SMILES string of the molecule is C=CCN(C(=O)CC(C)C)[C@@H](C)C(=O)c1c(C)c(C(=O)OC)n(C)c1C. The predicted molar refractivity (Wildman–Crippen MR) is 101 cm³/mol. The van der Waals surface area contributed by atoms with E-state index >= 15 is 0 Å². The Morgan fingerprint density at radius 3 is 2.27 bits per heavy atom. The number of hydrogen-bond donors (Lipinski definition) is 0. The molecule has 0 saturated carbocycles. The van der Waals surface area contributed by atoms with Crippen LogP contribution in [0.1, 0.15) is 59.3 Å². The van der Waals surface area contributed by atoms with Gasteiger partial charge in [0.2, 0.25) is 5.91 Å². The van der Waals surface area contributed by atoms with Gasteiger partial charge in [-0.3, -0.25) is 9.59 Å². The molecule has 1 aromatic rings. The second-order valence-corrected chi connectivity index (χ2v) is 6.96. The highest BCUT2D eigenvalue weighted by molar-refractivity contribution is 6.06. The maximum atomic E-state index is 13.2. The molecule has 0 fully saturated rings. The molecule has 144 valence electrons. The molecule has 1 amide bonds. The highest BCUT2D eigenvalue weighted by Crippen LogP contribution is 2.25. The average molecular weight is 362 g/mol. The number of rotatable bonds is 8. The predicted octanol–water partition coefficient (Wildman–Crippen LogP) is 3.06. The number of carbonyl (C=O) groups excluding carboxylic acids is 3. The molecule has 6 nitrogen and oxygen atoms in total. The minimum atomic E-state index is -0.649. The quantitative estimate of drug-likeness (QED) is 0.405. The first-order valence-corrected chi connectivity index (χ1v) is 8.77. The van der Waals surface area contributed by atoms with Crippen molar-refractivity contribution in [3.8, 4) is 0 Å². The van der Waals surface area contributed by atoms with Crippen molar-refractivity contribution in [2.24, 2.45) is 13.0 Å². The van der Waals surface area contributed by atoms with Crippen LogP contribution in [0.3, 0.4) is 0 Å². The van der Waals surface area contributed by atoms with Gasteiger partial charge in [0, 0.05) is 31.3 Å². The Bertz CT molecular complexity index is 716. The van der Waals surface area contributed by atoms with Crippen LogP contribution >= 0.6 is 0 Å². The van der Waals surface area contributed by atoms with Crippen LogP contribution in [0.5, 0.6) is 0 Å². The second kappa shape index (κ2) is 8.83. The Labute approximate surface area is 155 Å². The highest BCUT2D eigenvalue weighted by atomic mass is 16.5. The van der Waals surface area contributed by atoms with E-state index in [0.717, 1.165) is 0 Å². The van der Waals surface area contributed by atoms with Gasteiger partial charge in [-0.15, -0.1) is 6.58 Å². The minimum absolute atomic E-state index is 0.0832. The summed E-state index contributed by atoms with van der Waals surface area (Å²) < 4.78 is 6.49. The molecule has 0 bridgehead atoms. The average Bonchev–Trinajstić information content (AvgIpc) is 2.79. The molecule has 1 aromatic heterocycles. The summed E-state index contributed by atoms with van der Waals surface area (Å²) in [5.74, 6) is -0.563. The van der Waals surface area contributed by atoms with Crippen molar-refractivity contribution < 1.29 is 19.1 Å². The minimum Gasteiger partial charge on any atom is -0.464 e. The lowest BCUT2D eigenvalue weighted by Gasteiger charge is -2.28. The summed E-state index contributed by atoms with van der Waals surface area (Å²) in [4.78, 5) is 39.3. The van der Waals surface area contributed by atoms with Gasteiger partial charge in [-0.05, 0) is 32.3 Å². The molecule has 0 spiro atoms. The number of esters is 1. The molecule has 1 atom stereocenters. The van der Waals surface area contributed by atoms with Gasteiger partial charge in [0.25, 0.3) is 0 Å². The number of ether oxygens (including phenoxy) is 1. The van der Waals surface area contributed by atoms with Crippen LogP contribution in [0, 0.1) is 19.8 Å². The maximum Gasteiger partial charge on any atom is 0.354 e. The third-order valence-electron chi connectivity index (χ3n) is 4.63. The van der Waals surface area contributed by atoms with Crippen molar-refractivity contribution >= 4 is 17.7 Å². The van der Waals surface area contributed by atoms with Gasteiger partial charge in [-0.1, -0.05) is 19.9 Å². The molecule has 26 heavy (non-hydrogen) atoms. The number of carbonyl (C=O) groups is 3. The lowest BCUT2D eigenvalue weighted by molar-refractivity contribution is -0.132. The third kappa shape index (κ3) is 4.23. The van der Waals surface area contributed by atoms with E-state index in [1.54, 1.807) is 43.4 Å². The Morgan fingerprint density at radius 2 is 1.81 bits per heavy atom. The van der Waals surface area contributed by atoms with Crippen molar-refractivity contribution in [1.82, 2.24) is 9.47 Å². The third-order valence-corrected chi connectivity index (χ3v) is 4.63.